The van der Waals surface area contributed by atoms with Gasteiger partial charge < -0.3 is 15.1 Å². The highest BCUT2D eigenvalue weighted by Crippen LogP contribution is 2.14. The Morgan fingerprint density at radius 1 is 1.05 bits per heavy atom. The Balaban J connectivity index is 1.71. The van der Waals surface area contributed by atoms with Crippen LogP contribution in [-0.2, 0) is 22.6 Å². The lowest BCUT2D eigenvalue weighted by molar-refractivity contribution is -0.139. The van der Waals surface area contributed by atoms with Crippen LogP contribution in [0.4, 0.5) is 0 Å². The van der Waals surface area contributed by atoms with Gasteiger partial charge in [-0.2, -0.15) is 0 Å². The summed E-state index contributed by atoms with van der Waals surface area (Å²) >= 11 is 6.01. The predicted molar refractivity (Wildman–Crippen MR) is 78.7 cm³/mol. The molecular formula is C15H15ClN2O3. The zero-order chi connectivity index (χ0) is 15.1. The number of halogens is 1. The van der Waals surface area contributed by atoms with E-state index in [1.165, 1.54) is 6.26 Å². The summed E-state index contributed by atoms with van der Waals surface area (Å²) in [6, 6.07) is 10.8. The molecule has 2 amide bonds. The Hall–Kier alpha value is -2.27. The van der Waals surface area contributed by atoms with Gasteiger partial charge in [0.2, 0.25) is 0 Å². The Morgan fingerprint density at radius 2 is 1.81 bits per heavy atom. The van der Waals surface area contributed by atoms with Crippen LogP contribution in [0, 0.1) is 0 Å². The summed E-state index contributed by atoms with van der Waals surface area (Å²) in [7, 11) is 0. The van der Waals surface area contributed by atoms with Crippen LogP contribution in [0.5, 0.6) is 0 Å². The third-order valence-corrected chi connectivity index (χ3v) is 3.22. The summed E-state index contributed by atoms with van der Waals surface area (Å²) in [6.07, 6.45) is 2.07. The van der Waals surface area contributed by atoms with Gasteiger partial charge in [-0.25, -0.2) is 0 Å². The molecule has 21 heavy (non-hydrogen) atoms. The number of rotatable bonds is 5. The number of hydrogen-bond acceptors (Lipinski definition) is 3. The highest BCUT2D eigenvalue weighted by atomic mass is 35.5. The van der Waals surface area contributed by atoms with E-state index in [4.69, 9.17) is 16.0 Å². The van der Waals surface area contributed by atoms with Crippen LogP contribution < -0.4 is 10.6 Å². The molecule has 6 heteroatoms. The predicted octanol–water partition coefficient (Wildman–Crippen LogP) is 1.91. The number of benzene rings is 1. The van der Waals surface area contributed by atoms with Crippen LogP contribution in [-0.4, -0.2) is 18.4 Å². The molecular weight excluding hydrogens is 292 g/mol. The summed E-state index contributed by atoms with van der Waals surface area (Å²) in [5, 5.41) is 5.67. The number of amides is 2. The van der Waals surface area contributed by atoms with E-state index in [2.05, 4.69) is 10.6 Å². The maximum atomic E-state index is 11.6. The molecule has 110 valence electrons. The molecule has 2 aromatic rings. The number of carbonyl (C=O) groups excluding carboxylic acids is 2. The van der Waals surface area contributed by atoms with E-state index in [1.807, 2.05) is 18.2 Å². The molecule has 2 rings (SSSR count). The molecule has 0 aliphatic heterocycles. The lowest BCUT2D eigenvalue weighted by Crippen LogP contribution is -2.40. The first kappa shape index (κ1) is 15.1. The molecule has 1 aromatic carbocycles. The fraction of sp³-hybridized carbons (Fsp3) is 0.200. The summed E-state index contributed by atoms with van der Waals surface area (Å²) in [4.78, 5) is 23.1. The number of carbonyl (C=O) groups is 2. The lowest BCUT2D eigenvalue weighted by atomic mass is 10.1. The van der Waals surface area contributed by atoms with E-state index in [1.54, 1.807) is 18.2 Å². The second kappa shape index (κ2) is 7.50. The molecule has 5 nitrogen and oxygen atoms in total. The zero-order valence-corrected chi connectivity index (χ0v) is 12.0. The zero-order valence-electron chi connectivity index (χ0n) is 11.3. The van der Waals surface area contributed by atoms with Crippen molar-refractivity contribution in [2.45, 2.75) is 13.0 Å². The summed E-state index contributed by atoms with van der Waals surface area (Å²) in [6.45, 7) is 0.528. The van der Waals surface area contributed by atoms with Crippen molar-refractivity contribution < 1.29 is 14.0 Å². The van der Waals surface area contributed by atoms with Crippen LogP contribution in [0.1, 0.15) is 11.3 Å². The first-order valence-corrected chi connectivity index (χ1v) is 6.86. The molecule has 0 aliphatic rings. The molecule has 0 radical (unpaired) electrons. The van der Waals surface area contributed by atoms with Crippen LogP contribution in [0.15, 0.2) is 47.1 Å². The second-order valence-electron chi connectivity index (χ2n) is 4.36. The number of nitrogens with one attached hydrogen (secondary N) is 2. The maximum absolute atomic E-state index is 11.6. The van der Waals surface area contributed by atoms with Crippen molar-refractivity contribution in [1.29, 1.82) is 0 Å². The van der Waals surface area contributed by atoms with Crippen molar-refractivity contribution in [3.63, 3.8) is 0 Å². The summed E-state index contributed by atoms with van der Waals surface area (Å²) in [5.41, 5.74) is 0.926. The quantitative estimate of drug-likeness (QED) is 0.829. The maximum Gasteiger partial charge on any atom is 0.309 e. The van der Waals surface area contributed by atoms with Gasteiger partial charge in [-0.1, -0.05) is 29.8 Å². The van der Waals surface area contributed by atoms with Crippen molar-refractivity contribution in [2.24, 2.45) is 0 Å². The fourth-order valence-corrected chi connectivity index (χ4v) is 1.98. The first-order valence-electron chi connectivity index (χ1n) is 6.48. The highest BCUT2D eigenvalue weighted by Gasteiger charge is 2.13. The Bertz CT molecular complexity index is 611. The minimum Gasteiger partial charge on any atom is -0.467 e. The van der Waals surface area contributed by atoms with E-state index in [-0.39, 0.29) is 6.54 Å². The first-order chi connectivity index (χ1) is 10.2. The monoisotopic (exact) mass is 306 g/mol. The molecule has 1 aromatic heterocycles. The normalized spacial score (nSPS) is 10.1. The van der Waals surface area contributed by atoms with Gasteiger partial charge in [0.05, 0.1) is 12.8 Å². The minimum atomic E-state index is -0.689. The third-order valence-electron chi connectivity index (χ3n) is 2.85. The van der Waals surface area contributed by atoms with Gasteiger partial charge in [-0.15, -0.1) is 0 Å². The molecule has 0 saturated heterocycles. The Morgan fingerprint density at radius 3 is 2.52 bits per heavy atom. The third kappa shape index (κ3) is 4.65. The van der Waals surface area contributed by atoms with E-state index in [0.717, 1.165) is 5.56 Å². The van der Waals surface area contributed by atoms with Crippen molar-refractivity contribution in [2.75, 3.05) is 6.54 Å². The average molecular weight is 307 g/mol. The van der Waals surface area contributed by atoms with Crippen LogP contribution in [0.2, 0.25) is 5.02 Å². The SMILES string of the molecule is O=C(NCCc1ccccc1Cl)C(=O)NCc1ccco1. The van der Waals surface area contributed by atoms with Gasteiger partial charge in [0.1, 0.15) is 5.76 Å². The standard InChI is InChI=1S/C15H15ClN2O3/c16-13-6-2-1-4-11(13)7-8-17-14(19)15(20)18-10-12-5-3-9-21-12/h1-6,9H,7-8,10H2,(H,17,19)(H,18,20). The van der Waals surface area contributed by atoms with Crippen LogP contribution >= 0.6 is 11.6 Å². The minimum absolute atomic E-state index is 0.184. The van der Waals surface area contributed by atoms with E-state index in [9.17, 15) is 9.59 Å². The Labute approximate surface area is 127 Å². The van der Waals surface area contributed by atoms with Crippen molar-refractivity contribution in [3.8, 4) is 0 Å². The smallest absolute Gasteiger partial charge is 0.309 e. The molecule has 2 N–H and O–H groups in total. The van der Waals surface area contributed by atoms with Crippen molar-refractivity contribution >= 4 is 23.4 Å². The van der Waals surface area contributed by atoms with Gasteiger partial charge in [-0.3, -0.25) is 9.59 Å². The average Bonchev–Trinajstić information content (AvgIpc) is 3.00. The molecule has 1 heterocycles. The van der Waals surface area contributed by atoms with Gasteiger partial charge in [0.25, 0.3) is 0 Å². The van der Waals surface area contributed by atoms with E-state index < -0.39 is 11.8 Å². The molecule has 0 bridgehead atoms. The molecule has 0 fully saturated rings. The van der Waals surface area contributed by atoms with Gasteiger partial charge in [-0.05, 0) is 30.2 Å². The van der Waals surface area contributed by atoms with Crippen LogP contribution in [0.25, 0.3) is 0 Å². The fourth-order valence-electron chi connectivity index (χ4n) is 1.75. The molecule has 0 unspecified atom stereocenters. The highest BCUT2D eigenvalue weighted by molar-refractivity contribution is 6.35. The Kier molecular flexibility index (Phi) is 5.40. The number of furan rings is 1. The van der Waals surface area contributed by atoms with Crippen molar-refractivity contribution in [1.82, 2.24) is 10.6 Å². The van der Waals surface area contributed by atoms with Gasteiger partial charge in [0.15, 0.2) is 0 Å². The molecule has 0 saturated carbocycles. The second-order valence-corrected chi connectivity index (χ2v) is 4.77. The van der Waals surface area contributed by atoms with Crippen molar-refractivity contribution in [3.05, 3.63) is 59.0 Å². The summed E-state index contributed by atoms with van der Waals surface area (Å²) < 4.78 is 5.05. The van der Waals surface area contributed by atoms with E-state index in [0.29, 0.717) is 23.7 Å². The molecule has 0 atom stereocenters. The van der Waals surface area contributed by atoms with Crippen LogP contribution in [0.3, 0.4) is 0 Å². The molecule has 0 aliphatic carbocycles. The topological polar surface area (TPSA) is 71.3 Å². The largest absolute Gasteiger partial charge is 0.467 e. The van der Waals surface area contributed by atoms with Gasteiger partial charge >= 0.3 is 11.8 Å². The summed E-state index contributed by atoms with van der Waals surface area (Å²) in [5.74, 6) is -0.772. The molecule has 0 spiro atoms. The number of hydrogen-bond donors (Lipinski definition) is 2. The van der Waals surface area contributed by atoms with Gasteiger partial charge in [0, 0.05) is 11.6 Å². The lowest BCUT2D eigenvalue weighted by Gasteiger charge is -2.06. The van der Waals surface area contributed by atoms with E-state index >= 15 is 0 Å².